The second kappa shape index (κ2) is 6.19. The molecule has 3 nitrogen and oxygen atoms in total. The first-order valence-corrected chi connectivity index (χ1v) is 7.07. The first kappa shape index (κ1) is 13.3. The molecule has 0 radical (unpaired) electrons. The molecule has 1 heterocycles. The van der Waals surface area contributed by atoms with Crippen molar-refractivity contribution in [1.82, 2.24) is 4.98 Å². The average Bonchev–Trinajstić information content (AvgIpc) is 2.39. The van der Waals surface area contributed by atoms with Gasteiger partial charge < -0.3 is 10.5 Å². The molecule has 0 aliphatic heterocycles. The SMILES string of the molecule is CCC1CCCC(Oc2ccc(C(C)N)nc2)C1. The summed E-state index contributed by atoms with van der Waals surface area (Å²) in [6.07, 6.45) is 8.44. The molecule has 1 aliphatic rings. The monoisotopic (exact) mass is 248 g/mol. The number of hydrogen-bond donors (Lipinski definition) is 1. The molecule has 1 saturated carbocycles. The molecule has 0 aromatic carbocycles. The van der Waals surface area contributed by atoms with Crippen molar-refractivity contribution in [2.24, 2.45) is 11.7 Å². The Morgan fingerprint density at radius 2 is 2.28 bits per heavy atom. The normalized spacial score (nSPS) is 25.7. The number of hydrogen-bond acceptors (Lipinski definition) is 3. The number of rotatable bonds is 4. The standard InChI is InChI=1S/C15H24N2O/c1-3-12-5-4-6-13(9-12)18-14-7-8-15(11(2)16)17-10-14/h7-8,10-13H,3-6,9,16H2,1-2H3. The van der Waals surface area contributed by atoms with Gasteiger partial charge >= 0.3 is 0 Å². The third-order valence-electron chi connectivity index (χ3n) is 3.84. The highest BCUT2D eigenvalue weighted by Gasteiger charge is 2.22. The fraction of sp³-hybridized carbons (Fsp3) is 0.667. The fourth-order valence-corrected chi connectivity index (χ4v) is 2.64. The molecule has 2 rings (SSSR count). The van der Waals surface area contributed by atoms with Crippen LogP contribution >= 0.6 is 0 Å². The van der Waals surface area contributed by atoms with Gasteiger partial charge in [0.15, 0.2) is 0 Å². The molecule has 3 atom stereocenters. The summed E-state index contributed by atoms with van der Waals surface area (Å²) in [7, 11) is 0. The van der Waals surface area contributed by atoms with Crippen molar-refractivity contribution in [1.29, 1.82) is 0 Å². The van der Waals surface area contributed by atoms with Gasteiger partial charge in [-0.25, -0.2) is 0 Å². The van der Waals surface area contributed by atoms with Gasteiger partial charge in [0.1, 0.15) is 5.75 Å². The molecule has 0 saturated heterocycles. The van der Waals surface area contributed by atoms with E-state index in [1.165, 1.54) is 32.1 Å². The summed E-state index contributed by atoms with van der Waals surface area (Å²) >= 11 is 0. The second-order valence-electron chi connectivity index (χ2n) is 5.39. The van der Waals surface area contributed by atoms with E-state index < -0.39 is 0 Å². The van der Waals surface area contributed by atoms with Crippen molar-refractivity contribution in [3.8, 4) is 5.75 Å². The molecule has 2 N–H and O–H groups in total. The van der Waals surface area contributed by atoms with Crippen LogP contribution in [0, 0.1) is 5.92 Å². The van der Waals surface area contributed by atoms with E-state index in [4.69, 9.17) is 10.5 Å². The predicted molar refractivity (Wildman–Crippen MR) is 73.5 cm³/mol. The zero-order valence-corrected chi connectivity index (χ0v) is 11.4. The highest BCUT2D eigenvalue weighted by Crippen LogP contribution is 2.29. The number of aromatic nitrogens is 1. The Balaban J connectivity index is 1.92. The van der Waals surface area contributed by atoms with E-state index in [2.05, 4.69) is 11.9 Å². The average molecular weight is 248 g/mol. The van der Waals surface area contributed by atoms with Crippen LogP contribution in [0.5, 0.6) is 5.75 Å². The van der Waals surface area contributed by atoms with Crippen LogP contribution in [-0.2, 0) is 0 Å². The minimum atomic E-state index is -0.0156. The summed E-state index contributed by atoms with van der Waals surface area (Å²) in [6.45, 7) is 4.21. The molecule has 0 bridgehead atoms. The van der Waals surface area contributed by atoms with Gasteiger partial charge in [-0.05, 0) is 44.2 Å². The van der Waals surface area contributed by atoms with E-state index in [9.17, 15) is 0 Å². The van der Waals surface area contributed by atoms with Gasteiger partial charge in [0.05, 0.1) is 18.0 Å². The van der Waals surface area contributed by atoms with E-state index in [1.54, 1.807) is 6.20 Å². The number of ether oxygens (including phenoxy) is 1. The van der Waals surface area contributed by atoms with Crippen molar-refractivity contribution in [3.63, 3.8) is 0 Å². The van der Waals surface area contributed by atoms with Gasteiger partial charge in [-0.3, -0.25) is 4.98 Å². The van der Waals surface area contributed by atoms with Crippen molar-refractivity contribution < 1.29 is 4.74 Å². The molecule has 1 aromatic heterocycles. The van der Waals surface area contributed by atoms with Crippen LogP contribution in [-0.4, -0.2) is 11.1 Å². The lowest BCUT2D eigenvalue weighted by Crippen LogP contribution is -2.25. The van der Waals surface area contributed by atoms with Crippen LogP contribution < -0.4 is 10.5 Å². The van der Waals surface area contributed by atoms with Gasteiger partial charge in [-0.2, -0.15) is 0 Å². The van der Waals surface area contributed by atoms with Crippen LogP contribution in [0.15, 0.2) is 18.3 Å². The van der Waals surface area contributed by atoms with Crippen LogP contribution in [0.2, 0.25) is 0 Å². The van der Waals surface area contributed by atoms with E-state index in [0.29, 0.717) is 6.10 Å². The minimum absolute atomic E-state index is 0.0156. The van der Waals surface area contributed by atoms with Gasteiger partial charge in [-0.1, -0.05) is 19.8 Å². The molecule has 18 heavy (non-hydrogen) atoms. The topological polar surface area (TPSA) is 48.1 Å². The fourth-order valence-electron chi connectivity index (χ4n) is 2.64. The lowest BCUT2D eigenvalue weighted by atomic mass is 9.85. The summed E-state index contributed by atoms with van der Waals surface area (Å²) in [6, 6.07) is 3.93. The Bertz CT molecular complexity index is 361. The summed E-state index contributed by atoms with van der Waals surface area (Å²) in [5, 5.41) is 0. The number of nitrogens with zero attached hydrogens (tertiary/aromatic N) is 1. The molecule has 100 valence electrons. The Morgan fingerprint density at radius 3 is 2.89 bits per heavy atom. The molecule has 0 spiro atoms. The van der Waals surface area contributed by atoms with Crippen molar-refractivity contribution in [2.75, 3.05) is 0 Å². The molecule has 3 unspecified atom stereocenters. The molecular weight excluding hydrogens is 224 g/mol. The summed E-state index contributed by atoms with van der Waals surface area (Å²) < 4.78 is 6.02. The first-order chi connectivity index (χ1) is 8.69. The third-order valence-corrected chi connectivity index (χ3v) is 3.84. The maximum Gasteiger partial charge on any atom is 0.138 e. The Hall–Kier alpha value is -1.09. The highest BCUT2D eigenvalue weighted by molar-refractivity contribution is 5.21. The van der Waals surface area contributed by atoms with Crippen LogP contribution in [0.3, 0.4) is 0 Å². The van der Waals surface area contributed by atoms with Crippen LogP contribution in [0.25, 0.3) is 0 Å². The van der Waals surface area contributed by atoms with E-state index in [-0.39, 0.29) is 6.04 Å². The van der Waals surface area contributed by atoms with Crippen LogP contribution in [0.4, 0.5) is 0 Å². The van der Waals surface area contributed by atoms with Gasteiger partial charge in [-0.15, -0.1) is 0 Å². The summed E-state index contributed by atoms with van der Waals surface area (Å²) in [5.74, 6) is 1.71. The molecule has 1 aromatic rings. The summed E-state index contributed by atoms with van der Waals surface area (Å²) in [4.78, 5) is 4.33. The van der Waals surface area contributed by atoms with E-state index in [1.807, 2.05) is 19.1 Å². The maximum absolute atomic E-state index is 6.02. The first-order valence-electron chi connectivity index (χ1n) is 7.07. The molecule has 3 heteroatoms. The van der Waals surface area contributed by atoms with E-state index >= 15 is 0 Å². The lowest BCUT2D eigenvalue weighted by molar-refractivity contribution is 0.121. The summed E-state index contributed by atoms with van der Waals surface area (Å²) in [5.41, 5.74) is 6.70. The third kappa shape index (κ3) is 3.45. The van der Waals surface area contributed by atoms with Gasteiger partial charge in [0.25, 0.3) is 0 Å². The smallest absolute Gasteiger partial charge is 0.138 e. The Morgan fingerprint density at radius 1 is 1.44 bits per heavy atom. The quantitative estimate of drug-likeness (QED) is 0.887. The van der Waals surface area contributed by atoms with Crippen molar-refractivity contribution >= 4 is 0 Å². The van der Waals surface area contributed by atoms with Crippen molar-refractivity contribution in [2.45, 2.75) is 58.1 Å². The van der Waals surface area contributed by atoms with Crippen molar-refractivity contribution in [3.05, 3.63) is 24.0 Å². The molecule has 0 amide bonds. The Labute approximate surface area is 110 Å². The zero-order valence-electron chi connectivity index (χ0n) is 11.4. The zero-order chi connectivity index (χ0) is 13.0. The lowest BCUT2D eigenvalue weighted by Gasteiger charge is -2.28. The minimum Gasteiger partial charge on any atom is -0.489 e. The predicted octanol–water partition coefficient (Wildman–Crippen LogP) is 3.45. The molecule has 1 fully saturated rings. The van der Waals surface area contributed by atoms with Crippen LogP contribution in [0.1, 0.15) is 57.7 Å². The van der Waals surface area contributed by atoms with Gasteiger partial charge in [0, 0.05) is 6.04 Å². The largest absolute Gasteiger partial charge is 0.489 e. The molecule has 1 aliphatic carbocycles. The van der Waals surface area contributed by atoms with E-state index in [0.717, 1.165) is 17.4 Å². The second-order valence-corrected chi connectivity index (χ2v) is 5.39. The maximum atomic E-state index is 6.02. The van der Waals surface area contributed by atoms with Gasteiger partial charge in [0.2, 0.25) is 0 Å². The molecular formula is C15H24N2O. The number of pyridine rings is 1. The number of nitrogens with two attached hydrogens (primary N) is 1. The highest BCUT2D eigenvalue weighted by atomic mass is 16.5. The Kier molecular flexibility index (Phi) is 4.59.